The average molecular weight is 219 g/mol. The Balaban J connectivity index is 2.12. The van der Waals surface area contributed by atoms with Crippen LogP contribution in [-0.2, 0) is 0 Å². The predicted octanol–water partition coefficient (Wildman–Crippen LogP) is 1.12. The minimum atomic E-state index is 0.130. The number of aromatic nitrogens is 3. The van der Waals surface area contributed by atoms with Gasteiger partial charge in [-0.3, -0.25) is 0 Å². The highest BCUT2D eigenvalue weighted by atomic mass is 15.2. The molecule has 5 nitrogen and oxygen atoms in total. The van der Waals surface area contributed by atoms with E-state index in [1.54, 1.807) is 16.9 Å². The van der Waals surface area contributed by atoms with Gasteiger partial charge in [-0.25, -0.2) is 9.50 Å². The lowest BCUT2D eigenvalue weighted by Gasteiger charge is -2.16. The highest BCUT2D eigenvalue weighted by molar-refractivity contribution is 5.66. The monoisotopic (exact) mass is 219 g/mol. The highest BCUT2D eigenvalue weighted by Crippen LogP contribution is 2.12. The molecule has 0 spiro atoms. The molecule has 0 bridgehead atoms. The first-order valence-corrected chi connectivity index (χ1v) is 5.46. The summed E-state index contributed by atoms with van der Waals surface area (Å²) in [4.78, 5) is 4.28. The van der Waals surface area contributed by atoms with Crippen LogP contribution < -0.4 is 11.1 Å². The Labute approximate surface area is 94.7 Å². The van der Waals surface area contributed by atoms with Gasteiger partial charge in [0, 0.05) is 25.0 Å². The minimum absolute atomic E-state index is 0.130. The lowest BCUT2D eigenvalue weighted by atomic mass is 10.1. The van der Waals surface area contributed by atoms with Crippen molar-refractivity contribution in [2.45, 2.75) is 19.9 Å². The van der Waals surface area contributed by atoms with Crippen molar-refractivity contribution < 1.29 is 0 Å². The molecule has 0 saturated carbocycles. The van der Waals surface area contributed by atoms with E-state index in [4.69, 9.17) is 5.73 Å². The molecule has 0 radical (unpaired) electrons. The molecule has 1 unspecified atom stereocenters. The zero-order chi connectivity index (χ0) is 11.5. The summed E-state index contributed by atoms with van der Waals surface area (Å²) in [5.41, 5.74) is 6.94. The van der Waals surface area contributed by atoms with E-state index in [0.29, 0.717) is 5.92 Å². The number of nitrogens with zero attached hydrogens (tertiary/aromatic N) is 3. The number of rotatable bonds is 4. The van der Waals surface area contributed by atoms with Gasteiger partial charge in [-0.2, -0.15) is 5.10 Å². The van der Waals surface area contributed by atoms with Gasteiger partial charge in [0.05, 0.1) is 6.20 Å². The summed E-state index contributed by atoms with van der Waals surface area (Å²) >= 11 is 0. The van der Waals surface area contributed by atoms with Crippen molar-refractivity contribution in [3.63, 3.8) is 0 Å². The molecule has 0 aliphatic carbocycles. The van der Waals surface area contributed by atoms with Crippen LogP contribution in [0.2, 0.25) is 0 Å². The van der Waals surface area contributed by atoms with Crippen molar-refractivity contribution in [1.82, 2.24) is 14.6 Å². The summed E-state index contributed by atoms with van der Waals surface area (Å²) in [5, 5.41) is 7.40. The van der Waals surface area contributed by atoms with Crippen LogP contribution in [0.15, 0.2) is 24.7 Å². The number of nitrogens with one attached hydrogen (secondary N) is 1. The van der Waals surface area contributed by atoms with Gasteiger partial charge in [-0.1, -0.05) is 13.8 Å². The highest BCUT2D eigenvalue weighted by Gasteiger charge is 2.08. The molecule has 0 amide bonds. The third kappa shape index (κ3) is 2.14. The molecule has 2 aromatic rings. The van der Waals surface area contributed by atoms with Crippen molar-refractivity contribution in [2.24, 2.45) is 11.7 Å². The van der Waals surface area contributed by atoms with Crippen LogP contribution in [0.3, 0.4) is 0 Å². The molecule has 0 fully saturated rings. The summed E-state index contributed by atoms with van der Waals surface area (Å²) in [7, 11) is 0. The second-order valence-electron chi connectivity index (χ2n) is 4.23. The topological polar surface area (TPSA) is 68.2 Å². The van der Waals surface area contributed by atoms with Crippen LogP contribution in [0.5, 0.6) is 0 Å². The van der Waals surface area contributed by atoms with Gasteiger partial charge >= 0.3 is 0 Å². The Bertz CT molecular complexity index is 462. The van der Waals surface area contributed by atoms with Crippen LogP contribution in [0.25, 0.3) is 5.52 Å². The quantitative estimate of drug-likeness (QED) is 0.808. The second kappa shape index (κ2) is 4.49. The van der Waals surface area contributed by atoms with Gasteiger partial charge < -0.3 is 11.1 Å². The van der Waals surface area contributed by atoms with E-state index in [1.807, 2.05) is 12.3 Å². The number of hydrogen-bond donors (Lipinski definition) is 2. The average Bonchev–Trinajstić information content (AvgIpc) is 2.73. The molecule has 1 atom stereocenters. The van der Waals surface area contributed by atoms with Gasteiger partial charge in [0.25, 0.3) is 0 Å². The van der Waals surface area contributed by atoms with E-state index < -0.39 is 0 Å². The molecule has 2 heterocycles. The third-order valence-corrected chi connectivity index (χ3v) is 2.69. The largest absolute Gasteiger partial charge is 0.367 e. The Morgan fingerprint density at radius 1 is 1.44 bits per heavy atom. The molecule has 0 aromatic carbocycles. The maximum Gasteiger partial charge on any atom is 0.152 e. The molecular formula is C11H17N5. The Morgan fingerprint density at radius 3 is 3.00 bits per heavy atom. The maximum atomic E-state index is 5.97. The van der Waals surface area contributed by atoms with E-state index in [2.05, 4.69) is 29.2 Å². The van der Waals surface area contributed by atoms with E-state index in [1.165, 1.54) is 0 Å². The summed E-state index contributed by atoms with van der Waals surface area (Å²) in [5.74, 6) is 1.29. The third-order valence-electron chi connectivity index (χ3n) is 2.69. The molecule has 16 heavy (non-hydrogen) atoms. The summed E-state index contributed by atoms with van der Waals surface area (Å²) < 4.78 is 1.79. The molecule has 0 aliphatic heterocycles. The lowest BCUT2D eigenvalue weighted by Crippen LogP contribution is -2.34. The van der Waals surface area contributed by atoms with Crippen LogP contribution >= 0.6 is 0 Å². The zero-order valence-electron chi connectivity index (χ0n) is 9.59. The van der Waals surface area contributed by atoms with E-state index in [9.17, 15) is 0 Å². The zero-order valence-corrected chi connectivity index (χ0v) is 9.59. The van der Waals surface area contributed by atoms with Crippen molar-refractivity contribution in [2.75, 3.05) is 11.9 Å². The molecule has 0 aliphatic rings. The van der Waals surface area contributed by atoms with Gasteiger partial charge in [-0.15, -0.1) is 0 Å². The first-order chi connectivity index (χ1) is 7.68. The number of fused-ring (bicyclic) bond motifs is 1. The first kappa shape index (κ1) is 10.9. The van der Waals surface area contributed by atoms with Gasteiger partial charge in [0.15, 0.2) is 5.82 Å². The van der Waals surface area contributed by atoms with Crippen LogP contribution in [0.4, 0.5) is 5.82 Å². The molecule has 5 heteroatoms. The smallest absolute Gasteiger partial charge is 0.152 e. The van der Waals surface area contributed by atoms with Gasteiger partial charge in [-0.05, 0) is 12.0 Å². The van der Waals surface area contributed by atoms with Gasteiger partial charge in [0.2, 0.25) is 0 Å². The van der Waals surface area contributed by atoms with Crippen LogP contribution in [0, 0.1) is 5.92 Å². The van der Waals surface area contributed by atoms with Crippen LogP contribution in [0.1, 0.15) is 13.8 Å². The van der Waals surface area contributed by atoms with Crippen molar-refractivity contribution >= 4 is 11.3 Å². The van der Waals surface area contributed by atoms with Crippen molar-refractivity contribution in [3.8, 4) is 0 Å². The van der Waals surface area contributed by atoms with Crippen LogP contribution in [-0.4, -0.2) is 27.2 Å². The SMILES string of the molecule is CC(C)C(N)CNc1nccn2nccc12. The number of hydrogen-bond acceptors (Lipinski definition) is 4. The van der Waals surface area contributed by atoms with Gasteiger partial charge in [0.1, 0.15) is 5.52 Å². The Hall–Kier alpha value is -1.62. The summed E-state index contributed by atoms with van der Waals surface area (Å²) in [6.07, 6.45) is 5.30. The number of anilines is 1. The Kier molecular flexibility index (Phi) is 3.05. The first-order valence-electron chi connectivity index (χ1n) is 5.46. The summed E-state index contributed by atoms with van der Waals surface area (Å²) in [6, 6.07) is 2.06. The molecule has 0 saturated heterocycles. The Morgan fingerprint density at radius 2 is 2.25 bits per heavy atom. The predicted molar refractivity (Wildman–Crippen MR) is 64.3 cm³/mol. The lowest BCUT2D eigenvalue weighted by molar-refractivity contribution is 0.511. The summed E-state index contributed by atoms with van der Waals surface area (Å²) in [6.45, 7) is 4.94. The molecule has 3 N–H and O–H groups in total. The maximum absolute atomic E-state index is 5.97. The number of nitrogens with two attached hydrogens (primary N) is 1. The van der Waals surface area contributed by atoms with E-state index in [-0.39, 0.29) is 6.04 Å². The molecule has 2 rings (SSSR count). The normalized spacial score (nSPS) is 13.2. The fourth-order valence-electron chi connectivity index (χ4n) is 1.44. The minimum Gasteiger partial charge on any atom is -0.367 e. The molecular weight excluding hydrogens is 202 g/mol. The standard InChI is InChI=1S/C11H17N5/c1-8(2)9(12)7-14-11-10-3-4-15-16(10)6-5-13-11/h3-6,8-9H,7,12H2,1-2H3,(H,13,14). The fourth-order valence-corrected chi connectivity index (χ4v) is 1.44. The second-order valence-corrected chi connectivity index (χ2v) is 4.23. The van der Waals surface area contributed by atoms with Crippen molar-refractivity contribution in [3.05, 3.63) is 24.7 Å². The molecule has 2 aromatic heterocycles. The van der Waals surface area contributed by atoms with E-state index >= 15 is 0 Å². The molecule has 86 valence electrons. The van der Waals surface area contributed by atoms with Crippen molar-refractivity contribution in [1.29, 1.82) is 0 Å². The fraction of sp³-hybridized carbons (Fsp3) is 0.455. The van der Waals surface area contributed by atoms with E-state index in [0.717, 1.165) is 17.9 Å².